The minimum absolute atomic E-state index is 0.182. The summed E-state index contributed by atoms with van der Waals surface area (Å²) < 4.78 is 32.4. The van der Waals surface area contributed by atoms with E-state index in [1.54, 1.807) is 12.1 Å². The quantitative estimate of drug-likeness (QED) is 0.932. The van der Waals surface area contributed by atoms with E-state index in [1.807, 2.05) is 0 Å². The van der Waals surface area contributed by atoms with E-state index in [1.165, 1.54) is 32.2 Å². The van der Waals surface area contributed by atoms with Gasteiger partial charge in [-0.1, -0.05) is 23.7 Å². The van der Waals surface area contributed by atoms with Gasteiger partial charge in [0, 0.05) is 16.1 Å². The van der Waals surface area contributed by atoms with Crippen LogP contribution in [0.3, 0.4) is 0 Å². The molecular weight excluding hydrogens is 286 g/mol. The third kappa shape index (κ3) is 2.49. The number of ether oxygens (including phenoxy) is 1. The Balaban J connectivity index is 2.66. The molecule has 2 rings (SSSR count). The van der Waals surface area contributed by atoms with Crippen LogP contribution in [0.25, 0.3) is 0 Å². The van der Waals surface area contributed by atoms with E-state index < -0.39 is 17.2 Å². The highest BCUT2D eigenvalue weighted by atomic mass is 35.5. The second kappa shape index (κ2) is 5.38. The number of rotatable bonds is 3. The van der Waals surface area contributed by atoms with Crippen molar-refractivity contribution in [2.45, 2.75) is 12.5 Å². The number of aliphatic hydroxyl groups is 1. The lowest BCUT2D eigenvalue weighted by Gasteiger charge is -2.27. The van der Waals surface area contributed by atoms with Gasteiger partial charge in [0.15, 0.2) is 11.6 Å². The molecule has 0 radical (unpaired) electrons. The van der Waals surface area contributed by atoms with Gasteiger partial charge in [-0.3, -0.25) is 0 Å². The predicted molar refractivity (Wildman–Crippen MR) is 73.0 cm³/mol. The Hall–Kier alpha value is -1.65. The molecule has 0 saturated heterocycles. The van der Waals surface area contributed by atoms with Crippen molar-refractivity contribution in [2.75, 3.05) is 7.11 Å². The molecule has 106 valence electrons. The molecule has 1 N–H and O–H groups in total. The lowest BCUT2D eigenvalue weighted by atomic mass is 9.87. The summed E-state index contributed by atoms with van der Waals surface area (Å²) >= 11 is 5.90. The summed E-state index contributed by atoms with van der Waals surface area (Å²) in [6.07, 6.45) is 0. The smallest absolute Gasteiger partial charge is 0.165 e. The zero-order valence-corrected chi connectivity index (χ0v) is 11.7. The van der Waals surface area contributed by atoms with Crippen LogP contribution in [0, 0.1) is 11.6 Å². The second-order valence-corrected chi connectivity index (χ2v) is 4.95. The van der Waals surface area contributed by atoms with Crippen LogP contribution in [-0.4, -0.2) is 12.2 Å². The summed E-state index contributed by atoms with van der Waals surface area (Å²) in [7, 11) is 1.42. The van der Waals surface area contributed by atoms with Gasteiger partial charge >= 0.3 is 0 Å². The molecule has 0 spiro atoms. The third-order valence-corrected chi connectivity index (χ3v) is 3.40. The number of hydrogen-bond acceptors (Lipinski definition) is 2. The van der Waals surface area contributed by atoms with Gasteiger partial charge in [0.25, 0.3) is 0 Å². The molecule has 0 bridgehead atoms. The molecule has 0 amide bonds. The first-order chi connectivity index (χ1) is 9.37. The highest BCUT2D eigenvalue weighted by molar-refractivity contribution is 6.30. The maximum absolute atomic E-state index is 13.9. The van der Waals surface area contributed by atoms with Crippen molar-refractivity contribution < 1.29 is 18.6 Å². The lowest BCUT2D eigenvalue weighted by molar-refractivity contribution is 0.0939. The van der Waals surface area contributed by atoms with Crippen LogP contribution in [0.1, 0.15) is 18.1 Å². The molecule has 2 aromatic rings. The van der Waals surface area contributed by atoms with Crippen LogP contribution in [0.5, 0.6) is 5.75 Å². The predicted octanol–water partition coefficient (Wildman–Crippen LogP) is 3.88. The summed E-state index contributed by atoms with van der Waals surface area (Å²) in [6, 6.07) is 8.25. The van der Waals surface area contributed by atoms with Crippen molar-refractivity contribution in [3.05, 3.63) is 64.2 Å². The molecule has 1 atom stereocenters. The van der Waals surface area contributed by atoms with E-state index in [4.69, 9.17) is 16.3 Å². The van der Waals surface area contributed by atoms with Crippen molar-refractivity contribution >= 4 is 11.6 Å². The topological polar surface area (TPSA) is 29.5 Å². The average Bonchev–Trinajstić information content (AvgIpc) is 2.41. The fourth-order valence-corrected chi connectivity index (χ4v) is 2.26. The average molecular weight is 299 g/mol. The van der Waals surface area contributed by atoms with Crippen molar-refractivity contribution in [1.82, 2.24) is 0 Å². The van der Waals surface area contributed by atoms with E-state index >= 15 is 0 Å². The van der Waals surface area contributed by atoms with Gasteiger partial charge in [0.05, 0.1) is 7.11 Å². The van der Waals surface area contributed by atoms with Gasteiger partial charge in [-0.2, -0.15) is 0 Å². The van der Waals surface area contributed by atoms with Crippen molar-refractivity contribution in [2.24, 2.45) is 0 Å². The molecule has 0 aliphatic heterocycles. The van der Waals surface area contributed by atoms with Gasteiger partial charge in [0.2, 0.25) is 0 Å². The first kappa shape index (κ1) is 14.8. The number of benzene rings is 2. The maximum Gasteiger partial charge on any atom is 0.165 e. The second-order valence-electron chi connectivity index (χ2n) is 4.52. The van der Waals surface area contributed by atoms with E-state index in [-0.39, 0.29) is 11.1 Å². The molecule has 2 nitrogen and oxygen atoms in total. The molecular formula is C15H13ClF2O2. The molecule has 0 fully saturated rings. The number of halogens is 3. The zero-order chi connectivity index (χ0) is 14.9. The molecule has 0 aliphatic rings. The standard InChI is InChI=1S/C15H13ClF2O2/c1-15(19,10-4-3-5-12(17)14(10)18)11-8-9(16)6-7-13(11)20-2/h3-8,19H,1-2H3. The SMILES string of the molecule is COc1ccc(Cl)cc1C(C)(O)c1cccc(F)c1F. The Morgan fingerprint density at radius 3 is 2.50 bits per heavy atom. The lowest BCUT2D eigenvalue weighted by Crippen LogP contribution is -2.25. The van der Waals surface area contributed by atoms with Crippen LogP contribution in [0.15, 0.2) is 36.4 Å². The number of methoxy groups -OCH3 is 1. The van der Waals surface area contributed by atoms with E-state index in [9.17, 15) is 13.9 Å². The van der Waals surface area contributed by atoms with Crippen LogP contribution in [-0.2, 0) is 5.60 Å². The maximum atomic E-state index is 13.9. The van der Waals surface area contributed by atoms with Gasteiger partial charge in [-0.05, 0) is 31.2 Å². The molecule has 0 aliphatic carbocycles. The van der Waals surface area contributed by atoms with Gasteiger partial charge in [-0.25, -0.2) is 8.78 Å². The fourth-order valence-electron chi connectivity index (χ4n) is 2.09. The fraction of sp³-hybridized carbons (Fsp3) is 0.200. The molecule has 20 heavy (non-hydrogen) atoms. The molecule has 5 heteroatoms. The Morgan fingerprint density at radius 2 is 1.85 bits per heavy atom. The summed E-state index contributed by atoms with van der Waals surface area (Å²) in [5.74, 6) is -1.79. The minimum atomic E-state index is -1.78. The van der Waals surface area contributed by atoms with Crippen LogP contribution in [0.2, 0.25) is 5.02 Å². The molecule has 2 aromatic carbocycles. The minimum Gasteiger partial charge on any atom is -0.496 e. The van der Waals surface area contributed by atoms with E-state index in [0.29, 0.717) is 10.8 Å². The van der Waals surface area contributed by atoms with Crippen molar-refractivity contribution in [3.63, 3.8) is 0 Å². The molecule has 0 aromatic heterocycles. The van der Waals surface area contributed by atoms with Crippen LogP contribution >= 0.6 is 11.6 Å². The Labute approximate surface area is 120 Å². The molecule has 0 saturated carbocycles. The molecule has 0 heterocycles. The van der Waals surface area contributed by atoms with Crippen molar-refractivity contribution in [3.8, 4) is 5.75 Å². The first-order valence-electron chi connectivity index (χ1n) is 5.88. The Morgan fingerprint density at radius 1 is 1.15 bits per heavy atom. The first-order valence-corrected chi connectivity index (χ1v) is 6.26. The highest BCUT2D eigenvalue weighted by Crippen LogP contribution is 2.38. The third-order valence-electron chi connectivity index (χ3n) is 3.16. The summed E-state index contributed by atoms with van der Waals surface area (Å²) in [4.78, 5) is 0. The zero-order valence-electron chi connectivity index (χ0n) is 11.0. The largest absolute Gasteiger partial charge is 0.496 e. The monoisotopic (exact) mass is 298 g/mol. The summed E-state index contributed by atoms with van der Waals surface area (Å²) in [5.41, 5.74) is -1.70. The van der Waals surface area contributed by atoms with Crippen LogP contribution in [0.4, 0.5) is 8.78 Å². The summed E-state index contributed by atoms with van der Waals surface area (Å²) in [6.45, 7) is 1.36. The normalized spacial score (nSPS) is 13.9. The van der Waals surface area contributed by atoms with Crippen LogP contribution < -0.4 is 4.74 Å². The summed E-state index contributed by atoms with van der Waals surface area (Å²) in [5, 5.41) is 11.0. The van der Waals surface area contributed by atoms with Gasteiger partial charge in [-0.15, -0.1) is 0 Å². The molecule has 1 unspecified atom stereocenters. The van der Waals surface area contributed by atoms with Gasteiger partial charge in [0.1, 0.15) is 11.4 Å². The van der Waals surface area contributed by atoms with E-state index in [2.05, 4.69) is 0 Å². The number of hydrogen-bond donors (Lipinski definition) is 1. The van der Waals surface area contributed by atoms with Crippen molar-refractivity contribution in [1.29, 1.82) is 0 Å². The highest BCUT2D eigenvalue weighted by Gasteiger charge is 2.33. The van der Waals surface area contributed by atoms with E-state index in [0.717, 1.165) is 6.07 Å². The Kier molecular flexibility index (Phi) is 3.97. The Bertz CT molecular complexity index is 642. The van der Waals surface area contributed by atoms with Gasteiger partial charge < -0.3 is 9.84 Å².